The van der Waals surface area contributed by atoms with Crippen LogP contribution < -0.4 is 20.1 Å². The summed E-state index contributed by atoms with van der Waals surface area (Å²) < 4.78 is 25.1. The molecule has 2 aromatic heterocycles. The first-order valence-corrected chi connectivity index (χ1v) is 14.2. The minimum Gasteiger partial charge on any atom is -0.493 e. The summed E-state index contributed by atoms with van der Waals surface area (Å²) in [6.07, 6.45) is 5.57. The number of halogens is 1. The van der Waals surface area contributed by atoms with Crippen LogP contribution in [0.5, 0.6) is 11.5 Å². The van der Waals surface area contributed by atoms with Crippen LogP contribution in [-0.4, -0.2) is 76.0 Å². The number of anilines is 3. The van der Waals surface area contributed by atoms with Crippen LogP contribution in [-0.2, 0) is 11.2 Å². The number of fused-ring (bicyclic) bond motifs is 1. The number of nitrogens with zero attached hydrogens (tertiary/aromatic N) is 4. The van der Waals surface area contributed by atoms with Crippen LogP contribution in [0.25, 0.3) is 10.9 Å². The van der Waals surface area contributed by atoms with Crippen LogP contribution in [0.3, 0.4) is 0 Å². The molecule has 12 heteroatoms. The summed E-state index contributed by atoms with van der Waals surface area (Å²) in [5.41, 5.74) is 1.64. The fourth-order valence-corrected chi connectivity index (χ4v) is 5.17. The molecular formula is C30H36FN7O4. The second-order valence-electron chi connectivity index (χ2n) is 10.4. The third kappa shape index (κ3) is 7.71. The van der Waals surface area contributed by atoms with Gasteiger partial charge in [-0.15, -0.1) is 0 Å². The maximum atomic E-state index is 13.4. The van der Waals surface area contributed by atoms with E-state index in [4.69, 9.17) is 14.6 Å². The van der Waals surface area contributed by atoms with E-state index < -0.39 is 5.82 Å². The van der Waals surface area contributed by atoms with Gasteiger partial charge in [0.05, 0.1) is 25.7 Å². The number of methoxy groups -OCH3 is 1. The number of carbonyl (C=O) groups is 1. The molecule has 0 unspecified atom stereocenters. The van der Waals surface area contributed by atoms with Crippen molar-refractivity contribution in [3.05, 3.63) is 60.3 Å². The van der Waals surface area contributed by atoms with Crippen LogP contribution in [0.2, 0.25) is 0 Å². The normalized spacial score (nSPS) is 14.2. The molecule has 2 aromatic carbocycles. The molecule has 0 atom stereocenters. The average Bonchev–Trinajstić information content (AvgIpc) is 3.42. The summed E-state index contributed by atoms with van der Waals surface area (Å²) in [4.78, 5) is 23.6. The standard InChI is InChI=1S/C30H36FN7O4/c1-41-26-17-24-25(18-27(26)42-13-3-9-38-10-6-20(7-11-38)8-12-39)32-19-33-30(24)35-28-15-23(36-37-28)16-29(40)34-22-5-2-4-21(31)14-22/h2,4-5,14-15,17-20,39H,3,6-13,16H2,1H3,(H,34,40)(H2,32,33,35,36,37). The van der Waals surface area contributed by atoms with Crippen molar-refractivity contribution >= 4 is 34.1 Å². The Morgan fingerprint density at radius 3 is 2.81 bits per heavy atom. The number of aliphatic hydroxyl groups is 1. The molecule has 1 fully saturated rings. The highest BCUT2D eigenvalue weighted by atomic mass is 19.1. The Hall–Kier alpha value is -4.29. The summed E-state index contributed by atoms with van der Waals surface area (Å²) in [7, 11) is 1.59. The molecule has 42 heavy (non-hydrogen) atoms. The van der Waals surface area contributed by atoms with Crippen LogP contribution in [0, 0.1) is 11.7 Å². The number of hydrogen-bond acceptors (Lipinski definition) is 9. The lowest BCUT2D eigenvalue weighted by Gasteiger charge is -2.31. The van der Waals surface area contributed by atoms with Gasteiger partial charge in [-0.3, -0.25) is 9.89 Å². The molecule has 0 aliphatic carbocycles. The molecule has 0 bridgehead atoms. The van der Waals surface area contributed by atoms with Gasteiger partial charge in [-0.2, -0.15) is 5.10 Å². The van der Waals surface area contributed by atoms with Crippen molar-refractivity contribution < 1.29 is 23.8 Å². The summed E-state index contributed by atoms with van der Waals surface area (Å²) in [6, 6.07) is 11.1. The van der Waals surface area contributed by atoms with Crippen LogP contribution in [0.15, 0.2) is 48.8 Å². The minimum absolute atomic E-state index is 0.0340. The lowest BCUT2D eigenvalue weighted by Crippen LogP contribution is -2.35. The molecule has 0 radical (unpaired) electrons. The number of carbonyl (C=O) groups excluding carboxylic acids is 1. The van der Waals surface area contributed by atoms with Gasteiger partial charge in [-0.25, -0.2) is 14.4 Å². The van der Waals surface area contributed by atoms with Gasteiger partial charge in [-0.05, 0) is 69.0 Å². The molecule has 3 heterocycles. The second kappa shape index (κ2) is 14.1. The average molecular weight is 578 g/mol. The number of likely N-dealkylation sites (tertiary alicyclic amines) is 1. The predicted octanol–water partition coefficient (Wildman–Crippen LogP) is 4.29. The molecule has 5 rings (SSSR count). The number of benzene rings is 2. The van der Waals surface area contributed by atoms with Gasteiger partial charge in [0.1, 0.15) is 18.0 Å². The molecule has 1 aliphatic heterocycles. The monoisotopic (exact) mass is 577 g/mol. The van der Waals surface area contributed by atoms with Crippen molar-refractivity contribution in [2.45, 2.75) is 32.1 Å². The first-order chi connectivity index (χ1) is 20.5. The molecular weight excluding hydrogens is 541 g/mol. The van der Waals surface area contributed by atoms with Gasteiger partial charge in [0.25, 0.3) is 0 Å². The molecule has 1 saturated heterocycles. The Labute approximate surface area is 243 Å². The maximum absolute atomic E-state index is 13.4. The van der Waals surface area contributed by atoms with Gasteiger partial charge in [0.2, 0.25) is 5.91 Å². The highest BCUT2D eigenvalue weighted by Crippen LogP contribution is 2.34. The van der Waals surface area contributed by atoms with Crippen molar-refractivity contribution in [1.82, 2.24) is 25.1 Å². The van der Waals surface area contributed by atoms with Gasteiger partial charge >= 0.3 is 0 Å². The van der Waals surface area contributed by atoms with Crippen molar-refractivity contribution in [2.75, 3.05) is 50.6 Å². The van der Waals surface area contributed by atoms with E-state index >= 15 is 0 Å². The van der Waals surface area contributed by atoms with Crippen molar-refractivity contribution in [1.29, 1.82) is 0 Å². The third-order valence-electron chi connectivity index (χ3n) is 7.38. The molecule has 222 valence electrons. The fourth-order valence-electron chi connectivity index (χ4n) is 5.17. The number of hydrogen-bond donors (Lipinski definition) is 4. The number of ether oxygens (including phenoxy) is 2. The summed E-state index contributed by atoms with van der Waals surface area (Å²) in [5, 5.41) is 22.8. The summed E-state index contributed by atoms with van der Waals surface area (Å²) in [5.74, 6) is 2.10. The molecule has 1 amide bonds. The first-order valence-electron chi connectivity index (χ1n) is 14.2. The van der Waals surface area contributed by atoms with E-state index in [1.165, 1.54) is 24.5 Å². The van der Waals surface area contributed by atoms with E-state index in [-0.39, 0.29) is 18.9 Å². The van der Waals surface area contributed by atoms with E-state index in [0.717, 1.165) is 50.7 Å². The van der Waals surface area contributed by atoms with E-state index in [9.17, 15) is 9.18 Å². The smallest absolute Gasteiger partial charge is 0.230 e. The Morgan fingerprint density at radius 2 is 2.02 bits per heavy atom. The second-order valence-corrected chi connectivity index (χ2v) is 10.4. The molecule has 0 saturated carbocycles. The van der Waals surface area contributed by atoms with Crippen molar-refractivity contribution in [2.24, 2.45) is 5.92 Å². The van der Waals surface area contributed by atoms with Gasteiger partial charge in [0, 0.05) is 42.1 Å². The zero-order valence-corrected chi connectivity index (χ0v) is 23.6. The lowest BCUT2D eigenvalue weighted by molar-refractivity contribution is -0.115. The molecule has 4 aromatic rings. The Bertz CT molecular complexity index is 1490. The quantitative estimate of drug-likeness (QED) is 0.172. The van der Waals surface area contributed by atoms with Gasteiger partial charge in [-0.1, -0.05) is 6.07 Å². The zero-order chi connectivity index (χ0) is 29.3. The molecule has 4 N–H and O–H groups in total. The highest BCUT2D eigenvalue weighted by molar-refractivity contribution is 5.93. The van der Waals surface area contributed by atoms with Crippen LogP contribution in [0.1, 0.15) is 31.4 Å². The molecule has 11 nitrogen and oxygen atoms in total. The number of amides is 1. The zero-order valence-electron chi connectivity index (χ0n) is 23.6. The predicted molar refractivity (Wildman–Crippen MR) is 158 cm³/mol. The van der Waals surface area contributed by atoms with E-state index in [2.05, 4.69) is 35.7 Å². The summed E-state index contributed by atoms with van der Waals surface area (Å²) in [6.45, 7) is 3.93. The number of piperidine rings is 1. The van der Waals surface area contributed by atoms with Crippen LogP contribution in [0.4, 0.5) is 21.7 Å². The maximum Gasteiger partial charge on any atom is 0.230 e. The van der Waals surface area contributed by atoms with E-state index in [0.29, 0.717) is 52.6 Å². The van der Waals surface area contributed by atoms with Crippen LogP contribution >= 0.6 is 0 Å². The number of rotatable bonds is 13. The van der Waals surface area contributed by atoms with Crippen molar-refractivity contribution in [3.8, 4) is 11.5 Å². The number of aliphatic hydroxyl groups excluding tert-OH is 1. The number of aromatic nitrogens is 4. The number of H-pyrrole nitrogens is 1. The Balaban J connectivity index is 1.17. The van der Waals surface area contributed by atoms with Crippen molar-refractivity contribution in [3.63, 3.8) is 0 Å². The molecule has 0 spiro atoms. The van der Waals surface area contributed by atoms with Gasteiger partial charge < -0.3 is 30.1 Å². The van der Waals surface area contributed by atoms with E-state index in [1.54, 1.807) is 19.2 Å². The van der Waals surface area contributed by atoms with Gasteiger partial charge in [0.15, 0.2) is 17.3 Å². The lowest BCUT2D eigenvalue weighted by atomic mass is 9.94. The number of aromatic amines is 1. The Morgan fingerprint density at radius 1 is 1.17 bits per heavy atom. The SMILES string of the molecule is COc1cc2c(Nc3cc(CC(=O)Nc4cccc(F)c4)[nH]n3)ncnc2cc1OCCCN1CCC(CCO)CC1. The summed E-state index contributed by atoms with van der Waals surface area (Å²) >= 11 is 0. The molecule has 1 aliphatic rings. The fraction of sp³-hybridized carbons (Fsp3) is 0.400. The number of nitrogens with one attached hydrogen (secondary N) is 3. The third-order valence-corrected chi connectivity index (χ3v) is 7.38. The Kier molecular flexibility index (Phi) is 9.78. The highest BCUT2D eigenvalue weighted by Gasteiger charge is 2.19. The topological polar surface area (TPSA) is 138 Å². The largest absolute Gasteiger partial charge is 0.493 e. The van der Waals surface area contributed by atoms with E-state index in [1.807, 2.05) is 12.1 Å². The minimum atomic E-state index is -0.421. The first kappa shape index (κ1) is 29.2.